The molecule has 266 valence electrons. The van der Waals surface area contributed by atoms with E-state index in [1.165, 1.54) is 6.20 Å². The van der Waals surface area contributed by atoms with E-state index in [0.29, 0.717) is 34.9 Å². The fourth-order valence-corrected chi connectivity index (χ4v) is 6.55. The number of carbonyl (C=O) groups is 1. The predicted octanol–water partition coefficient (Wildman–Crippen LogP) is 7.09. The molecule has 3 N–H and O–H groups in total. The van der Waals surface area contributed by atoms with Crippen molar-refractivity contribution in [2.45, 2.75) is 75.7 Å². The zero-order valence-electron chi connectivity index (χ0n) is 26.6. The Labute approximate surface area is 286 Å². The Bertz CT molecular complexity index is 2070. The van der Waals surface area contributed by atoms with Crippen LogP contribution in [-0.2, 0) is 36.1 Å². The minimum Gasteiger partial charge on any atom is -0.374 e. The molecule has 1 aliphatic heterocycles. The molecule has 7 nitrogen and oxygen atoms in total. The van der Waals surface area contributed by atoms with Gasteiger partial charge in [-0.2, -0.15) is 13.9 Å². The molecule has 2 aromatic heterocycles. The molecule has 0 saturated heterocycles. The molecule has 1 saturated carbocycles. The first-order valence-electron chi connectivity index (χ1n) is 16.1. The Morgan fingerprint density at radius 2 is 1.75 bits per heavy atom. The van der Waals surface area contributed by atoms with Gasteiger partial charge in [-0.15, -0.1) is 0 Å². The molecule has 2 aromatic carbocycles. The fraction of sp³-hybridized carbons (Fsp3) is 0.361. The maximum Gasteiger partial charge on any atom is 0.290 e. The molecule has 1 fully saturated rings. The van der Waals surface area contributed by atoms with Gasteiger partial charge in [0.05, 0.1) is 17.3 Å². The van der Waals surface area contributed by atoms with Crippen molar-refractivity contribution in [3.05, 3.63) is 105 Å². The first-order chi connectivity index (χ1) is 24.2. The topological polar surface area (TPSA) is 92.1 Å². The van der Waals surface area contributed by atoms with Gasteiger partial charge in [0.1, 0.15) is 35.8 Å². The quantitative estimate of drug-likeness (QED) is 0.134. The minimum atomic E-state index is -4.04. The number of rotatable bonds is 8. The van der Waals surface area contributed by atoms with Gasteiger partial charge in [-0.05, 0) is 60.2 Å². The summed E-state index contributed by atoms with van der Waals surface area (Å²) in [5.74, 6) is -4.51. The van der Waals surface area contributed by atoms with Crippen LogP contribution in [0.5, 0.6) is 0 Å². The summed E-state index contributed by atoms with van der Waals surface area (Å²) in [6.07, 6.45) is -4.28. The molecule has 1 amide bonds. The molecule has 3 aliphatic rings. The normalized spacial score (nSPS) is 19.2. The van der Waals surface area contributed by atoms with E-state index in [1.807, 2.05) is 0 Å². The standard InChI is InChI=1S/C36H29F8N5O2/c37-23-9-20(10-24(38)14-23)12-27(47-28(50)17-49-32-29(31(48-49)33(39)40)35(41,42)7-8-36(32,43)44)30-25(11-19(15-45-30)4-3-18-1-2-18)21-5-6-22-16-46-34(51)26(22)13-21/h5-6,9-11,13-15,18,27,33-34,46,51H,1-2,7-8,12,16-17H2,(H,47,50)/t27-,34?/m0/s1. The average molecular weight is 716 g/mol. The number of carbonyl (C=O) groups excluding carboxylic acids is 1. The number of aliphatic hydroxyl groups excluding tert-OH is 1. The zero-order chi connectivity index (χ0) is 36.2. The van der Waals surface area contributed by atoms with Crippen molar-refractivity contribution in [3.8, 4) is 23.0 Å². The Kier molecular flexibility index (Phi) is 8.87. The molecule has 15 heteroatoms. The van der Waals surface area contributed by atoms with Gasteiger partial charge < -0.3 is 10.4 Å². The third kappa shape index (κ3) is 7.07. The second-order valence-corrected chi connectivity index (χ2v) is 13.0. The average Bonchev–Trinajstić information content (AvgIpc) is 3.70. The third-order valence-electron chi connectivity index (χ3n) is 9.13. The molecule has 2 atom stereocenters. The highest BCUT2D eigenvalue weighted by atomic mass is 19.3. The first kappa shape index (κ1) is 34.6. The summed E-state index contributed by atoms with van der Waals surface area (Å²) >= 11 is 0. The van der Waals surface area contributed by atoms with Gasteiger partial charge in [-0.3, -0.25) is 19.8 Å². The van der Waals surface area contributed by atoms with E-state index < -0.39 is 84.4 Å². The predicted molar refractivity (Wildman–Crippen MR) is 166 cm³/mol. The molecule has 0 radical (unpaired) electrons. The Hall–Kier alpha value is -4.81. The lowest BCUT2D eigenvalue weighted by atomic mass is 9.89. The van der Waals surface area contributed by atoms with Crippen LogP contribution < -0.4 is 10.6 Å². The first-order valence-corrected chi connectivity index (χ1v) is 16.1. The van der Waals surface area contributed by atoms with Crippen molar-refractivity contribution in [2.75, 3.05) is 0 Å². The number of amides is 1. The summed E-state index contributed by atoms with van der Waals surface area (Å²) < 4.78 is 116. The highest BCUT2D eigenvalue weighted by molar-refractivity contribution is 5.77. The van der Waals surface area contributed by atoms with E-state index in [2.05, 4.69) is 32.6 Å². The number of fused-ring (bicyclic) bond motifs is 2. The number of alkyl halides is 6. The lowest BCUT2D eigenvalue weighted by Crippen LogP contribution is -2.37. The van der Waals surface area contributed by atoms with Crippen LogP contribution in [0.1, 0.15) is 89.3 Å². The number of pyridine rings is 1. The minimum absolute atomic E-state index is 0.0688. The summed E-state index contributed by atoms with van der Waals surface area (Å²) in [5, 5.41) is 19.4. The van der Waals surface area contributed by atoms with E-state index in [-0.39, 0.29) is 28.3 Å². The number of nitrogens with one attached hydrogen (secondary N) is 2. The molecule has 2 aliphatic carbocycles. The third-order valence-corrected chi connectivity index (χ3v) is 9.13. The summed E-state index contributed by atoms with van der Waals surface area (Å²) in [7, 11) is 0. The molecule has 0 bridgehead atoms. The largest absolute Gasteiger partial charge is 0.374 e. The molecule has 3 heterocycles. The number of benzene rings is 2. The summed E-state index contributed by atoms with van der Waals surface area (Å²) in [5.41, 5.74) is -1.55. The number of hydrogen-bond donors (Lipinski definition) is 3. The van der Waals surface area contributed by atoms with Crippen molar-refractivity contribution < 1.29 is 45.0 Å². The van der Waals surface area contributed by atoms with E-state index >= 15 is 8.78 Å². The van der Waals surface area contributed by atoms with E-state index in [9.17, 15) is 36.2 Å². The van der Waals surface area contributed by atoms with Gasteiger partial charge in [-0.1, -0.05) is 24.0 Å². The van der Waals surface area contributed by atoms with Crippen LogP contribution in [0, 0.1) is 29.4 Å². The number of nitrogens with zero attached hydrogens (tertiary/aromatic N) is 3. The molecule has 0 spiro atoms. The van der Waals surface area contributed by atoms with Gasteiger partial charge >= 0.3 is 0 Å². The lowest BCUT2D eigenvalue weighted by molar-refractivity contribution is -0.123. The van der Waals surface area contributed by atoms with Gasteiger partial charge in [-0.25, -0.2) is 26.3 Å². The summed E-state index contributed by atoms with van der Waals surface area (Å²) in [6.45, 7) is -0.750. The summed E-state index contributed by atoms with van der Waals surface area (Å²) in [4.78, 5) is 18.2. The highest BCUT2D eigenvalue weighted by Crippen LogP contribution is 2.52. The van der Waals surface area contributed by atoms with Crippen molar-refractivity contribution in [2.24, 2.45) is 5.92 Å². The Morgan fingerprint density at radius 3 is 2.45 bits per heavy atom. The van der Waals surface area contributed by atoms with Crippen molar-refractivity contribution >= 4 is 5.91 Å². The van der Waals surface area contributed by atoms with Crippen LogP contribution in [0.15, 0.2) is 48.7 Å². The van der Waals surface area contributed by atoms with Crippen molar-refractivity contribution in [3.63, 3.8) is 0 Å². The van der Waals surface area contributed by atoms with Gasteiger partial charge in [0, 0.05) is 54.3 Å². The Morgan fingerprint density at radius 1 is 1.02 bits per heavy atom. The second kappa shape index (κ2) is 13.1. The smallest absolute Gasteiger partial charge is 0.290 e. The van der Waals surface area contributed by atoms with Gasteiger partial charge in [0.25, 0.3) is 18.3 Å². The Balaban J connectivity index is 1.30. The van der Waals surface area contributed by atoms with Crippen molar-refractivity contribution in [1.82, 2.24) is 25.4 Å². The molecular weight excluding hydrogens is 686 g/mol. The number of aromatic nitrogens is 3. The number of hydrogen-bond acceptors (Lipinski definition) is 5. The van der Waals surface area contributed by atoms with Crippen LogP contribution in [-0.4, -0.2) is 25.8 Å². The van der Waals surface area contributed by atoms with Crippen LogP contribution in [0.4, 0.5) is 35.1 Å². The van der Waals surface area contributed by atoms with Gasteiger partial charge in [0.15, 0.2) is 0 Å². The van der Waals surface area contributed by atoms with E-state index in [0.717, 1.165) is 30.5 Å². The fourth-order valence-electron chi connectivity index (χ4n) is 6.55. The second-order valence-electron chi connectivity index (χ2n) is 13.0. The van der Waals surface area contributed by atoms with E-state index in [1.54, 1.807) is 24.3 Å². The molecule has 1 unspecified atom stereocenters. The molecule has 4 aromatic rings. The van der Waals surface area contributed by atoms with Crippen molar-refractivity contribution in [1.29, 1.82) is 0 Å². The number of aliphatic hydroxyl groups is 1. The van der Waals surface area contributed by atoms with Crippen LogP contribution in [0.2, 0.25) is 0 Å². The molecule has 7 rings (SSSR count). The zero-order valence-corrected chi connectivity index (χ0v) is 26.6. The maximum absolute atomic E-state index is 15.1. The molecular formula is C36H29F8N5O2. The SMILES string of the molecule is O=C(Cn1nc(C(F)F)c2c1C(F)(F)CCC2(F)F)N[C@@H](Cc1cc(F)cc(F)c1)c1ncc(C#CC2CC2)cc1-c1ccc2c(c1)C(O)NC2. The monoisotopic (exact) mass is 715 g/mol. The maximum atomic E-state index is 15.1. The van der Waals surface area contributed by atoms with E-state index in [4.69, 9.17) is 0 Å². The van der Waals surface area contributed by atoms with Crippen LogP contribution in [0.25, 0.3) is 11.1 Å². The summed E-state index contributed by atoms with van der Waals surface area (Å²) in [6, 6.07) is 8.40. The lowest BCUT2D eigenvalue weighted by Gasteiger charge is -2.29. The highest BCUT2D eigenvalue weighted by Gasteiger charge is 2.55. The van der Waals surface area contributed by atoms with Crippen LogP contribution in [0.3, 0.4) is 0 Å². The van der Waals surface area contributed by atoms with Gasteiger partial charge in [0.2, 0.25) is 5.91 Å². The molecule has 51 heavy (non-hydrogen) atoms. The number of halogens is 8. The van der Waals surface area contributed by atoms with Crippen LogP contribution >= 0.6 is 0 Å².